The van der Waals surface area contributed by atoms with Crippen molar-refractivity contribution in [2.45, 2.75) is 37.2 Å². The number of carbonyl (C=O) groups is 1. The lowest BCUT2D eigenvalue weighted by atomic mass is 10.1. The Kier molecular flexibility index (Phi) is 4.85. The van der Waals surface area contributed by atoms with Gasteiger partial charge in [0.1, 0.15) is 6.04 Å². The first-order valence-electron chi connectivity index (χ1n) is 10.6. The first kappa shape index (κ1) is 19.9. The van der Waals surface area contributed by atoms with Crippen LogP contribution in [0.15, 0.2) is 65.6 Å². The quantitative estimate of drug-likeness (QED) is 0.664. The molecule has 0 bridgehead atoms. The fraction of sp³-hybridized carbons (Fsp3) is 0.292. The Hall–Kier alpha value is -3.06. The highest BCUT2D eigenvalue weighted by atomic mass is 32.2. The first-order valence-corrected chi connectivity index (χ1v) is 12.1. The van der Waals surface area contributed by atoms with Crippen molar-refractivity contribution in [2.75, 3.05) is 22.3 Å². The van der Waals surface area contributed by atoms with E-state index in [1.165, 1.54) is 22.8 Å². The summed E-state index contributed by atoms with van der Waals surface area (Å²) in [6.45, 7) is 4.17. The van der Waals surface area contributed by atoms with Crippen LogP contribution < -0.4 is 14.5 Å². The normalized spacial score (nSPS) is 17.8. The van der Waals surface area contributed by atoms with Gasteiger partial charge in [0.05, 0.1) is 10.6 Å². The van der Waals surface area contributed by atoms with Crippen LogP contribution in [0.1, 0.15) is 25.3 Å². The maximum Gasteiger partial charge on any atom is 0.265 e. The largest absolute Gasteiger partial charge is 0.372 e. The van der Waals surface area contributed by atoms with E-state index in [0.29, 0.717) is 17.6 Å². The molecule has 0 unspecified atom stereocenters. The molecule has 0 spiro atoms. The monoisotopic (exact) mass is 435 g/mol. The molecule has 3 aromatic carbocycles. The summed E-state index contributed by atoms with van der Waals surface area (Å²) in [5.74, 6) is -0.322. The lowest BCUT2D eigenvalue weighted by Crippen LogP contribution is -2.46. The summed E-state index contributed by atoms with van der Waals surface area (Å²) in [4.78, 5) is 15.5. The molecule has 1 saturated heterocycles. The molecule has 5 rings (SSSR count). The summed E-state index contributed by atoms with van der Waals surface area (Å²) in [5, 5.41) is 4.44. The van der Waals surface area contributed by atoms with Crippen LogP contribution in [0.4, 0.5) is 11.4 Å². The van der Waals surface area contributed by atoms with E-state index >= 15 is 0 Å². The van der Waals surface area contributed by atoms with Gasteiger partial charge in [-0.05, 0) is 55.0 Å². The predicted octanol–water partition coefficient (Wildman–Crippen LogP) is 3.65. The van der Waals surface area contributed by atoms with E-state index < -0.39 is 16.1 Å². The van der Waals surface area contributed by atoms with Gasteiger partial charge in [0.15, 0.2) is 0 Å². The minimum absolute atomic E-state index is 0.262. The van der Waals surface area contributed by atoms with E-state index in [0.717, 1.165) is 24.0 Å². The highest BCUT2D eigenvalue weighted by Crippen LogP contribution is 2.43. The summed E-state index contributed by atoms with van der Waals surface area (Å²) in [5.41, 5.74) is 2.75. The minimum atomic E-state index is -3.77. The zero-order valence-electron chi connectivity index (χ0n) is 17.4. The fourth-order valence-corrected chi connectivity index (χ4v) is 6.45. The second kappa shape index (κ2) is 7.57. The van der Waals surface area contributed by atoms with E-state index in [4.69, 9.17) is 0 Å². The SMILES string of the molecule is C[C@H](C(=O)NCc1ccc(N2CCCC2)cc1)N1c2cccc3cccc(c23)S1(=O)=O. The lowest BCUT2D eigenvalue weighted by Gasteiger charge is -2.25. The maximum atomic E-state index is 13.2. The molecule has 0 aliphatic carbocycles. The van der Waals surface area contributed by atoms with Crippen LogP contribution in [0.3, 0.4) is 0 Å². The first-order chi connectivity index (χ1) is 15.0. The number of benzene rings is 3. The van der Waals surface area contributed by atoms with E-state index in [1.807, 2.05) is 30.3 Å². The molecule has 2 aliphatic heterocycles. The van der Waals surface area contributed by atoms with Crippen LogP contribution in [0.2, 0.25) is 0 Å². The molecule has 1 amide bonds. The molecule has 3 aromatic rings. The third-order valence-electron chi connectivity index (χ3n) is 6.22. The number of hydrogen-bond acceptors (Lipinski definition) is 4. The van der Waals surface area contributed by atoms with Crippen molar-refractivity contribution >= 4 is 38.1 Å². The van der Waals surface area contributed by atoms with Gasteiger partial charge in [-0.3, -0.25) is 9.10 Å². The molecule has 0 aromatic heterocycles. The maximum absolute atomic E-state index is 13.2. The Balaban J connectivity index is 1.32. The second-order valence-electron chi connectivity index (χ2n) is 8.19. The molecule has 0 radical (unpaired) electrons. The highest BCUT2D eigenvalue weighted by molar-refractivity contribution is 7.93. The Labute approximate surface area is 182 Å². The Morgan fingerprint density at radius 1 is 1.00 bits per heavy atom. The van der Waals surface area contributed by atoms with E-state index in [9.17, 15) is 13.2 Å². The number of hydrogen-bond donors (Lipinski definition) is 1. The number of amides is 1. The molecular formula is C24H25N3O3S. The van der Waals surface area contributed by atoms with Crippen molar-refractivity contribution in [1.82, 2.24) is 5.32 Å². The number of rotatable bonds is 5. The lowest BCUT2D eigenvalue weighted by molar-refractivity contribution is -0.122. The van der Waals surface area contributed by atoms with Crippen LogP contribution in [0, 0.1) is 0 Å². The third-order valence-corrected chi connectivity index (χ3v) is 8.15. The summed E-state index contributed by atoms with van der Waals surface area (Å²) in [6.07, 6.45) is 2.46. The second-order valence-corrected chi connectivity index (χ2v) is 9.97. The van der Waals surface area contributed by atoms with Crippen molar-refractivity contribution in [1.29, 1.82) is 0 Å². The summed E-state index contributed by atoms with van der Waals surface area (Å²) in [6, 6.07) is 18.0. The number of anilines is 2. The van der Waals surface area contributed by atoms with Gasteiger partial charge in [-0.15, -0.1) is 0 Å². The van der Waals surface area contributed by atoms with Crippen LogP contribution in [0.25, 0.3) is 10.8 Å². The number of carbonyl (C=O) groups excluding carboxylic acids is 1. The number of nitrogens with zero attached hydrogens (tertiary/aromatic N) is 2. The summed E-state index contributed by atoms with van der Waals surface area (Å²) in [7, 11) is -3.77. The van der Waals surface area contributed by atoms with Crippen molar-refractivity contribution in [3.63, 3.8) is 0 Å². The highest BCUT2D eigenvalue weighted by Gasteiger charge is 2.40. The number of sulfonamides is 1. The Morgan fingerprint density at radius 3 is 2.39 bits per heavy atom. The molecular weight excluding hydrogens is 410 g/mol. The topological polar surface area (TPSA) is 69.7 Å². The molecule has 1 N–H and O–H groups in total. The van der Waals surface area contributed by atoms with Gasteiger partial charge in [0.25, 0.3) is 10.0 Å². The molecule has 160 valence electrons. The Morgan fingerprint density at radius 2 is 1.68 bits per heavy atom. The van der Waals surface area contributed by atoms with Gasteiger partial charge in [0.2, 0.25) is 5.91 Å². The predicted molar refractivity (Wildman–Crippen MR) is 123 cm³/mol. The van der Waals surface area contributed by atoms with Gasteiger partial charge in [-0.1, -0.05) is 36.4 Å². The summed E-state index contributed by atoms with van der Waals surface area (Å²) >= 11 is 0. The smallest absolute Gasteiger partial charge is 0.265 e. The number of nitrogens with one attached hydrogen (secondary N) is 1. The van der Waals surface area contributed by atoms with Crippen molar-refractivity contribution in [3.05, 3.63) is 66.2 Å². The van der Waals surface area contributed by atoms with Crippen LogP contribution in [0.5, 0.6) is 0 Å². The standard InChI is InChI=1S/C24H25N3O3S/c1-17(24(28)25-16-18-10-12-20(13-11-18)26-14-2-3-15-26)27-21-8-4-6-19-7-5-9-22(23(19)21)31(27,29)30/h4-13,17H,2-3,14-16H2,1H3,(H,25,28)/t17-/m1/s1. The molecule has 1 atom stereocenters. The van der Waals surface area contributed by atoms with Crippen LogP contribution in [-0.4, -0.2) is 33.5 Å². The van der Waals surface area contributed by atoms with Gasteiger partial charge in [0, 0.05) is 30.7 Å². The molecule has 1 fully saturated rings. The van der Waals surface area contributed by atoms with Crippen LogP contribution in [-0.2, 0) is 21.4 Å². The third kappa shape index (κ3) is 3.33. The molecule has 31 heavy (non-hydrogen) atoms. The van der Waals surface area contributed by atoms with Gasteiger partial charge in [-0.2, -0.15) is 0 Å². The zero-order chi connectivity index (χ0) is 21.6. The average Bonchev–Trinajstić information content (AvgIpc) is 3.39. The van der Waals surface area contributed by atoms with E-state index in [-0.39, 0.29) is 10.8 Å². The van der Waals surface area contributed by atoms with Gasteiger partial charge >= 0.3 is 0 Å². The van der Waals surface area contributed by atoms with Crippen molar-refractivity contribution in [2.24, 2.45) is 0 Å². The van der Waals surface area contributed by atoms with E-state index in [2.05, 4.69) is 22.3 Å². The van der Waals surface area contributed by atoms with Crippen molar-refractivity contribution in [3.8, 4) is 0 Å². The zero-order valence-corrected chi connectivity index (χ0v) is 18.2. The minimum Gasteiger partial charge on any atom is -0.372 e. The molecule has 7 heteroatoms. The summed E-state index contributed by atoms with van der Waals surface area (Å²) < 4.78 is 27.6. The fourth-order valence-electron chi connectivity index (χ4n) is 4.58. The van der Waals surface area contributed by atoms with Gasteiger partial charge in [-0.25, -0.2) is 8.42 Å². The average molecular weight is 436 g/mol. The Bertz CT molecular complexity index is 1240. The van der Waals surface area contributed by atoms with Crippen LogP contribution >= 0.6 is 0 Å². The molecule has 0 saturated carbocycles. The van der Waals surface area contributed by atoms with Crippen molar-refractivity contribution < 1.29 is 13.2 Å². The molecule has 6 nitrogen and oxygen atoms in total. The van der Waals surface area contributed by atoms with E-state index in [1.54, 1.807) is 25.1 Å². The molecule has 2 aliphatic rings. The molecule has 2 heterocycles. The van der Waals surface area contributed by atoms with Gasteiger partial charge < -0.3 is 10.2 Å².